The number of hydrogen-bond donors (Lipinski definition) is 2. The zero-order valence-electron chi connectivity index (χ0n) is 13.4. The molecule has 4 heteroatoms. The Labute approximate surface area is 127 Å². The van der Waals surface area contributed by atoms with Crippen LogP contribution in [0.1, 0.15) is 39.2 Å². The first-order valence-electron chi connectivity index (χ1n) is 7.46. The zero-order valence-corrected chi connectivity index (χ0v) is 13.4. The second-order valence-electron chi connectivity index (χ2n) is 6.17. The van der Waals surface area contributed by atoms with Crippen molar-refractivity contribution in [2.24, 2.45) is 0 Å². The lowest BCUT2D eigenvalue weighted by atomic mass is 9.88. The summed E-state index contributed by atoms with van der Waals surface area (Å²) in [6, 6.07) is 4.02. The molecule has 0 amide bonds. The molecule has 0 saturated carbocycles. The van der Waals surface area contributed by atoms with Gasteiger partial charge in [-0.1, -0.05) is 6.08 Å². The van der Waals surface area contributed by atoms with Crippen molar-refractivity contribution in [2.45, 2.75) is 39.2 Å². The van der Waals surface area contributed by atoms with E-state index >= 15 is 0 Å². The van der Waals surface area contributed by atoms with Crippen molar-refractivity contribution in [3.8, 4) is 5.75 Å². The van der Waals surface area contributed by atoms with Crippen molar-refractivity contribution < 1.29 is 9.84 Å². The largest absolute Gasteiger partial charge is 0.495 e. The van der Waals surface area contributed by atoms with Crippen LogP contribution in [0.2, 0.25) is 0 Å². The Bertz CT molecular complexity index is 550. The molecule has 116 valence electrons. The molecule has 21 heavy (non-hydrogen) atoms. The van der Waals surface area contributed by atoms with E-state index in [0.717, 1.165) is 30.6 Å². The first-order valence-corrected chi connectivity index (χ1v) is 7.46. The van der Waals surface area contributed by atoms with E-state index in [0.29, 0.717) is 11.4 Å². The number of methoxy groups -OCH3 is 1. The number of fused-ring (bicyclic) bond motifs is 1. The zero-order chi connectivity index (χ0) is 15.6. The van der Waals surface area contributed by atoms with Gasteiger partial charge in [-0.05, 0) is 45.3 Å². The van der Waals surface area contributed by atoms with E-state index < -0.39 is 0 Å². The summed E-state index contributed by atoms with van der Waals surface area (Å²) in [6.45, 7) is 7.68. The van der Waals surface area contributed by atoms with Crippen LogP contribution in [0, 0.1) is 0 Å². The first kappa shape index (κ1) is 15.7. The van der Waals surface area contributed by atoms with Gasteiger partial charge in [0.2, 0.25) is 0 Å². The van der Waals surface area contributed by atoms with Gasteiger partial charge in [0.25, 0.3) is 0 Å². The normalized spacial score (nSPS) is 16.4. The number of hydrogen-bond acceptors (Lipinski definition) is 4. The topological polar surface area (TPSA) is 58.7 Å². The predicted octanol–water partition coefficient (Wildman–Crippen LogP) is 3.05. The number of ether oxygens (including phenoxy) is 1. The minimum Gasteiger partial charge on any atom is -0.495 e. The van der Waals surface area contributed by atoms with Gasteiger partial charge in [-0.2, -0.15) is 0 Å². The van der Waals surface area contributed by atoms with E-state index in [1.807, 2.05) is 12.1 Å². The number of rotatable bonds is 5. The van der Waals surface area contributed by atoms with Gasteiger partial charge in [-0.25, -0.2) is 0 Å². The van der Waals surface area contributed by atoms with E-state index in [1.54, 1.807) is 7.11 Å². The molecule has 0 bridgehead atoms. The average Bonchev–Trinajstić information content (AvgIpc) is 2.42. The van der Waals surface area contributed by atoms with Crippen LogP contribution in [0.3, 0.4) is 0 Å². The van der Waals surface area contributed by atoms with Crippen molar-refractivity contribution >= 4 is 16.9 Å². The number of unbranched alkanes of at least 4 members (excludes halogenated alkanes) is 1. The summed E-state index contributed by atoms with van der Waals surface area (Å²) in [5, 5.41) is 9.01. The lowest BCUT2D eigenvalue weighted by Gasteiger charge is -2.43. The van der Waals surface area contributed by atoms with Gasteiger partial charge in [0.15, 0.2) is 0 Å². The second-order valence-corrected chi connectivity index (χ2v) is 6.17. The summed E-state index contributed by atoms with van der Waals surface area (Å²) in [5.74, 6) is 0.714. The molecule has 1 aromatic carbocycles. The summed E-state index contributed by atoms with van der Waals surface area (Å²) in [5.41, 5.74) is 10.2. The molecule has 0 atom stereocenters. The molecule has 0 aliphatic carbocycles. The molecular weight excluding hydrogens is 264 g/mol. The van der Waals surface area contributed by atoms with E-state index in [9.17, 15) is 0 Å². The summed E-state index contributed by atoms with van der Waals surface area (Å²) in [7, 11) is 1.64. The summed E-state index contributed by atoms with van der Waals surface area (Å²) >= 11 is 0. The van der Waals surface area contributed by atoms with Gasteiger partial charge in [-0.15, -0.1) is 0 Å². The second kappa shape index (κ2) is 5.98. The fourth-order valence-corrected chi connectivity index (χ4v) is 3.09. The van der Waals surface area contributed by atoms with Crippen LogP contribution in [0.15, 0.2) is 18.2 Å². The summed E-state index contributed by atoms with van der Waals surface area (Å²) in [4.78, 5) is 2.37. The molecule has 3 N–H and O–H groups in total. The van der Waals surface area contributed by atoms with Crippen LogP contribution in [-0.4, -0.2) is 30.9 Å². The quantitative estimate of drug-likeness (QED) is 0.646. The molecule has 2 rings (SSSR count). The maximum atomic E-state index is 9.01. The molecule has 0 aromatic heterocycles. The molecule has 0 spiro atoms. The van der Waals surface area contributed by atoms with E-state index in [4.69, 9.17) is 15.6 Å². The Morgan fingerprint density at radius 1 is 1.29 bits per heavy atom. The van der Waals surface area contributed by atoms with Gasteiger partial charge in [0.05, 0.1) is 18.3 Å². The Morgan fingerprint density at radius 3 is 2.62 bits per heavy atom. The van der Waals surface area contributed by atoms with E-state index in [-0.39, 0.29) is 12.1 Å². The molecule has 0 unspecified atom stereocenters. The summed E-state index contributed by atoms with van der Waals surface area (Å²) < 4.78 is 5.38. The number of benzene rings is 1. The fraction of sp³-hybridized carbons (Fsp3) is 0.529. The predicted molar refractivity (Wildman–Crippen MR) is 88.8 cm³/mol. The first-order chi connectivity index (χ1) is 9.90. The highest BCUT2D eigenvalue weighted by Gasteiger charge is 2.31. The monoisotopic (exact) mass is 290 g/mol. The van der Waals surface area contributed by atoms with Crippen LogP contribution >= 0.6 is 0 Å². The van der Waals surface area contributed by atoms with Gasteiger partial charge in [-0.3, -0.25) is 0 Å². The van der Waals surface area contributed by atoms with Crippen LogP contribution < -0.4 is 15.4 Å². The average molecular weight is 290 g/mol. The SMILES string of the molecule is COc1cc2c(cc1N)C(C)=CC(C)(C)N2CCCCO. The van der Waals surface area contributed by atoms with Gasteiger partial charge in [0, 0.05) is 30.5 Å². The molecule has 0 radical (unpaired) electrons. The minimum absolute atomic E-state index is 0.0618. The number of aliphatic hydroxyl groups is 1. The van der Waals surface area contributed by atoms with E-state index in [1.165, 1.54) is 5.57 Å². The summed E-state index contributed by atoms with van der Waals surface area (Å²) in [6.07, 6.45) is 4.05. The Morgan fingerprint density at radius 2 is 2.00 bits per heavy atom. The van der Waals surface area contributed by atoms with Gasteiger partial charge < -0.3 is 20.5 Å². The smallest absolute Gasteiger partial charge is 0.143 e. The number of allylic oxidation sites excluding steroid dienone is 1. The Hall–Kier alpha value is -1.68. The molecule has 1 aliphatic rings. The highest BCUT2D eigenvalue weighted by molar-refractivity contribution is 5.85. The Balaban J connectivity index is 2.46. The maximum absolute atomic E-state index is 9.01. The number of aliphatic hydroxyl groups excluding tert-OH is 1. The highest BCUT2D eigenvalue weighted by atomic mass is 16.5. The van der Waals surface area contributed by atoms with Crippen molar-refractivity contribution in [3.63, 3.8) is 0 Å². The number of nitrogen functional groups attached to an aromatic ring is 1. The van der Waals surface area contributed by atoms with Crippen LogP contribution in [0.25, 0.3) is 5.57 Å². The lowest BCUT2D eigenvalue weighted by molar-refractivity contribution is 0.284. The highest BCUT2D eigenvalue weighted by Crippen LogP contribution is 2.42. The van der Waals surface area contributed by atoms with Crippen molar-refractivity contribution in [3.05, 3.63) is 23.8 Å². The third-order valence-electron chi connectivity index (χ3n) is 4.12. The molecular formula is C17H26N2O2. The van der Waals surface area contributed by atoms with Crippen molar-refractivity contribution in [1.29, 1.82) is 0 Å². The molecule has 0 fully saturated rings. The van der Waals surface area contributed by atoms with E-state index in [2.05, 4.69) is 31.7 Å². The number of nitrogens with zero attached hydrogens (tertiary/aromatic N) is 1. The Kier molecular flexibility index (Phi) is 4.47. The van der Waals surface area contributed by atoms with Gasteiger partial charge in [0.1, 0.15) is 5.75 Å². The van der Waals surface area contributed by atoms with Crippen molar-refractivity contribution in [2.75, 3.05) is 30.9 Å². The number of anilines is 2. The number of nitrogens with two attached hydrogens (primary N) is 1. The fourth-order valence-electron chi connectivity index (χ4n) is 3.09. The van der Waals surface area contributed by atoms with Crippen LogP contribution in [0.4, 0.5) is 11.4 Å². The molecule has 1 aliphatic heterocycles. The third kappa shape index (κ3) is 3.00. The minimum atomic E-state index is -0.0618. The lowest BCUT2D eigenvalue weighted by Crippen LogP contribution is -2.45. The van der Waals surface area contributed by atoms with Gasteiger partial charge >= 0.3 is 0 Å². The molecule has 1 aromatic rings. The standard InChI is InChI=1S/C17H26N2O2/c1-12-11-17(2,3)19(7-5-6-8-20)15-10-16(21-4)14(18)9-13(12)15/h9-11,20H,5-8,18H2,1-4H3. The van der Waals surface area contributed by atoms with Crippen LogP contribution in [-0.2, 0) is 0 Å². The third-order valence-corrected chi connectivity index (χ3v) is 4.12. The maximum Gasteiger partial charge on any atom is 0.143 e. The molecule has 0 saturated heterocycles. The molecule has 1 heterocycles. The van der Waals surface area contributed by atoms with Crippen molar-refractivity contribution in [1.82, 2.24) is 0 Å². The van der Waals surface area contributed by atoms with Crippen LogP contribution in [0.5, 0.6) is 5.75 Å². The molecule has 4 nitrogen and oxygen atoms in total.